The average molecular weight is 293 g/mol. The van der Waals surface area contributed by atoms with Crippen LogP contribution in [0, 0.1) is 6.92 Å². The van der Waals surface area contributed by atoms with E-state index < -0.39 is 0 Å². The number of hydrogen-bond acceptors (Lipinski definition) is 4. The summed E-state index contributed by atoms with van der Waals surface area (Å²) in [5.41, 5.74) is 2.49. The summed E-state index contributed by atoms with van der Waals surface area (Å²) in [6, 6.07) is 10.9. The van der Waals surface area contributed by atoms with E-state index in [9.17, 15) is 0 Å². The first kappa shape index (κ1) is 14.4. The lowest BCUT2D eigenvalue weighted by molar-refractivity contribution is 0.404. The van der Waals surface area contributed by atoms with Crippen molar-refractivity contribution in [3.8, 4) is 5.75 Å². The molecule has 1 aromatic carbocycles. The molecule has 0 saturated carbocycles. The summed E-state index contributed by atoms with van der Waals surface area (Å²) in [5, 5.41) is 5.50. The van der Waals surface area contributed by atoms with Gasteiger partial charge in [-0.15, -0.1) is 23.1 Å². The summed E-state index contributed by atoms with van der Waals surface area (Å²) in [5.74, 6) is 1.95. The van der Waals surface area contributed by atoms with Crippen LogP contribution in [0.25, 0.3) is 0 Å². The Morgan fingerprint density at radius 1 is 1.37 bits per heavy atom. The lowest BCUT2D eigenvalue weighted by Gasteiger charge is -2.19. The van der Waals surface area contributed by atoms with Crippen molar-refractivity contribution in [1.29, 1.82) is 0 Å². The van der Waals surface area contributed by atoms with E-state index in [0.29, 0.717) is 6.04 Å². The number of ether oxygens (including phenoxy) is 1. The Labute approximate surface area is 123 Å². The molecule has 0 radical (unpaired) electrons. The van der Waals surface area contributed by atoms with Gasteiger partial charge in [-0.25, -0.2) is 0 Å². The fraction of sp³-hybridized carbons (Fsp3) is 0.333. The Morgan fingerprint density at radius 3 is 2.84 bits per heavy atom. The highest BCUT2D eigenvalue weighted by Gasteiger charge is 2.15. The monoisotopic (exact) mass is 293 g/mol. The molecule has 1 aromatic heterocycles. The van der Waals surface area contributed by atoms with Crippen LogP contribution in [0.2, 0.25) is 0 Å². The fourth-order valence-electron chi connectivity index (χ4n) is 1.97. The zero-order valence-electron chi connectivity index (χ0n) is 11.5. The molecule has 0 aliphatic heterocycles. The molecule has 0 amide bonds. The maximum atomic E-state index is 5.47. The maximum Gasteiger partial charge on any atom is 0.123 e. The van der Waals surface area contributed by atoms with Gasteiger partial charge in [0.15, 0.2) is 0 Å². The van der Waals surface area contributed by atoms with E-state index in [2.05, 4.69) is 41.9 Å². The van der Waals surface area contributed by atoms with Gasteiger partial charge in [-0.3, -0.25) is 0 Å². The Balaban J connectivity index is 2.14. The van der Waals surface area contributed by atoms with Gasteiger partial charge in [0.05, 0.1) is 11.3 Å². The highest BCUT2D eigenvalue weighted by Crippen LogP contribution is 2.32. The number of aryl methyl sites for hydroxylation is 1. The van der Waals surface area contributed by atoms with E-state index in [4.69, 9.17) is 4.74 Å². The van der Waals surface area contributed by atoms with Crippen molar-refractivity contribution in [1.82, 2.24) is 5.32 Å². The van der Waals surface area contributed by atoms with Crippen LogP contribution in [0.3, 0.4) is 0 Å². The van der Waals surface area contributed by atoms with Gasteiger partial charge < -0.3 is 10.1 Å². The highest BCUT2D eigenvalue weighted by atomic mass is 32.2. The van der Waals surface area contributed by atoms with Gasteiger partial charge in [0.2, 0.25) is 0 Å². The first-order valence-corrected chi connectivity index (χ1v) is 8.09. The second kappa shape index (κ2) is 6.98. The number of nitrogens with one attached hydrogen (secondary N) is 1. The molecule has 0 spiro atoms. The number of thioether (sulfide) groups is 1. The Bertz CT molecular complexity index is 511. The van der Waals surface area contributed by atoms with Crippen molar-refractivity contribution in [2.24, 2.45) is 0 Å². The maximum absolute atomic E-state index is 5.47. The minimum Gasteiger partial charge on any atom is -0.496 e. The van der Waals surface area contributed by atoms with Crippen LogP contribution < -0.4 is 10.1 Å². The average Bonchev–Trinajstić information content (AvgIpc) is 2.93. The van der Waals surface area contributed by atoms with E-state index in [0.717, 1.165) is 11.5 Å². The molecule has 1 unspecified atom stereocenters. The largest absolute Gasteiger partial charge is 0.496 e. The molecule has 0 aliphatic carbocycles. The van der Waals surface area contributed by atoms with Crippen LogP contribution in [0.15, 0.2) is 39.9 Å². The summed E-state index contributed by atoms with van der Waals surface area (Å²) in [7, 11) is 3.73. The standard InChI is InChI=1S/C15H19NOS2/c1-11-6-7-14(17-3)12(9-11)13(16-2)10-19-15-5-4-8-18-15/h4-9,13,16H,10H2,1-3H3. The first-order chi connectivity index (χ1) is 9.24. The van der Waals surface area contributed by atoms with E-state index in [1.807, 2.05) is 24.9 Å². The van der Waals surface area contributed by atoms with Crippen molar-refractivity contribution < 1.29 is 4.74 Å². The molecular weight excluding hydrogens is 274 g/mol. The molecule has 1 heterocycles. The summed E-state index contributed by atoms with van der Waals surface area (Å²) < 4.78 is 6.83. The first-order valence-electron chi connectivity index (χ1n) is 6.22. The van der Waals surface area contributed by atoms with Crippen LogP contribution >= 0.6 is 23.1 Å². The second-order valence-corrected chi connectivity index (χ2v) is 6.60. The van der Waals surface area contributed by atoms with Crippen molar-refractivity contribution >= 4 is 23.1 Å². The van der Waals surface area contributed by atoms with Gasteiger partial charge in [-0.05, 0) is 31.5 Å². The van der Waals surface area contributed by atoms with Gasteiger partial charge in [0.1, 0.15) is 5.75 Å². The second-order valence-electron chi connectivity index (χ2n) is 4.33. The third kappa shape index (κ3) is 3.75. The van der Waals surface area contributed by atoms with E-state index >= 15 is 0 Å². The van der Waals surface area contributed by atoms with Gasteiger partial charge in [-0.2, -0.15) is 0 Å². The van der Waals surface area contributed by atoms with Crippen LogP contribution in [-0.2, 0) is 0 Å². The number of benzene rings is 1. The van der Waals surface area contributed by atoms with Gasteiger partial charge in [-0.1, -0.05) is 23.8 Å². The number of methoxy groups -OCH3 is 1. The molecule has 0 saturated heterocycles. The Morgan fingerprint density at radius 2 is 2.21 bits per heavy atom. The highest BCUT2D eigenvalue weighted by molar-refractivity contribution is 8.01. The molecule has 0 bridgehead atoms. The van der Waals surface area contributed by atoms with E-state index in [-0.39, 0.29) is 0 Å². The number of rotatable bonds is 6. The van der Waals surface area contributed by atoms with Crippen molar-refractivity contribution in [2.75, 3.05) is 19.9 Å². The van der Waals surface area contributed by atoms with Crippen molar-refractivity contribution in [3.05, 3.63) is 46.8 Å². The molecule has 0 fully saturated rings. The summed E-state index contributed by atoms with van der Waals surface area (Å²) in [6.07, 6.45) is 0. The molecule has 2 nitrogen and oxygen atoms in total. The lowest BCUT2D eigenvalue weighted by Crippen LogP contribution is -2.19. The van der Waals surface area contributed by atoms with Gasteiger partial charge >= 0.3 is 0 Å². The minimum absolute atomic E-state index is 0.293. The summed E-state index contributed by atoms with van der Waals surface area (Å²) >= 11 is 3.67. The van der Waals surface area contributed by atoms with Gasteiger partial charge in [0.25, 0.3) is 0 Å². The smallest absolute Gasteiger partial charge is 0.123 e. The molecule has 2 rings (SSSR count). The van der Waals surface area contributed by atoms with Crippen LogP contribution in [-0.4, -0.2) is 19.9 Å². The van der Waals surface area contributed by atoms with Crippen molar-refractivity contribution in [2.45, 2.75) is 17.2 Å². The quantitative estimate of drug-likeness (QED) is 0.810. The number of thiophene rings is 1. The molecule has 4 heteroatoms. The van der Waals surface area contributed by atoms with Crippen LogP contribution in [0.5, 0.6) is 5.75 Å². The van der Waals surface area contributed by atoms with E-state index in [1.54, 1.807) is 18.4 Å². The molecule has 2 aromatic rings. The third-order valence-corrected chi connectivity index (χ3v) is 5.22. The van der Waals surface area contributed by atoms with Crippen molar-refractivity contribution in [3.63, 3.8) is 0 Å². The molecule has 1 N–H and O–H groups in total. The molecule has 0 aliphatic rings. The SMILES string of the molecule is CNC(CSc1cccs1)c1cc(C)ccc1OC. The normalized spacial score (nSPS) is 12.4. The molecule has 102 valence electrons. The van der Waals surface area contributed by atoms with Crippen LogP contribution in [0.4, 0.5) is 0 Å². The zero-order valence-corrected chi connectivity index (χ0v) is 13.1. The molecular formula is C15H19NOS2. The predicted octanol–water partition coefficient (Wildman–Crippen LogP) is 4.12. The fourth-order valence-corrected chi connectivity index (χ4v) is 3.91. The third-order valence-electron chi connectivity index (χ3n) is 3.00. The van der Waals surface area contributed by atoms with Gasteiger partial charge in [0, 0.05) is 17.4 Å². The predicted molar refractivity (Wildman–Crippen MR) is 84.6 cm³/mol. The Kier molecular flexibility index (Phi) is 5.31. The summed E-state index contributed by atoms with van der Waals surface area (Å²) in [4.78, 5) is 0. The Hall–Kier alpha value is -0.970. The molecule has 1 atom stereocenters. The molecule has 19 heavy (non-hydrogen) atoms. The minimum atomic E-state index is 0.293. The van der Waals surface area contributed by atoms with E-state index in [1.165, 1.54) is 15.3 Å². The summed E-state index contributed by atoms with van der Waals surface area (Å²) in [6.45, 7) is 2.11. The topological polar surface area (TPSA) is 21.3 Å². The lowest BCUT2D eigenvalue weighted by atomic mass is 10.0. The number of hydrogen-bond donors (Lipinski definition) is 1. The van der Waals surface area contributed by atoms with Crippen LogP contribution in [0.1, 0.15) is 17.2 Å². The zero-order chi connectivity index (χ0) is 13.7.